The van der Waals surface area contributed by atoms with Crippen molar-refractivity contribution in [2.75, 3.05) is 32.7 Å². The van der Waals surface area contributed by atoms with Crippen LogP contribution < -0.4 is 4.74 Å². The summed E-state index contributed by atoms with van der Waals surface area (Å²) < 4.78 is 29.8. The first kappa shape index (κ1) is 22.2. The molecule has 2 aliphatic rings. The summed E-state index contributed by atoms with van der Waals surface area (Å²) in [6.45, 7) is -1.28. The highest BCUT2D eigenvalue weighted by Crippen LogP contribution is 2.25. The van der Waals surface area contributed by atoms with Gasteiger partial charge in [0.05, 0.1) is 10.4 Å². The lowest BCUT2D eigenvalue weighted by atomic mass is 10.1. The van der Waals surface area contributed by atoms with Crippen LogP contribution in [0.1, 0.15) is 32.9 Å². The molecular weight excluding hydrogens is 440 g/mol. The number of piperazine rings is 1. The Hall–Kier alpha value is -3.01. The van der Waals surface area contributed by atoms with Gasteiger partial charge < -0.3 is 19.4 Å². The average Bonchev–Trinajstić information content (AvgIpc) is 3.50. The van der Waals surface area contributed by atoms with Crippen LogP contribution in [0.25, 0.3) is 0 Å². The summed E-state index contributed by atoms with van der Waals surface area (Å²) in [6.07, 6.45) is 1.39. The maximum absolute atomic E-state index is 13.1. The van der Waals surface area contributed by atoms with Gasteiger partial charge in [-0.3, -0.25) is 14.4 Å². The fourth-order valence-electron chi connectivity index (χ4n) is 4.16. The highest BCUT2D eigenvalue weighted by molar-refractivity contribution is 7.12. The van der Waals surface area contributed by atoms with Crippen molar-refractivity contribution in [1.29, 1.82) is 0 Å². The molecule has 3 amide bonds. The lowest BCUT2D eigenvalue weighted by molar-refractivity contribution is -0.136. The summed E-state index contributed by atoms with van der Waals surface area (Å²) in [5, 5.41) is 1.83. The van der Waals surface area contributed by atoms with Gasteiger partial charge in [-0.25, -0.2) is 0 Å². The first-order valence-corrected chi connectivity index (χ1v) is 11.3. The Balaban J connectivity index is 1.38. The number of carbonyl (C=O) groups excluding carboxylic acids is 3. The number of hydrogen-bond donors (Lipinski definition) is 0. The normalized spacial score (nSPS) is 18.8. The molecule has 0 unspecified atom stereocenters. The Morgan fingerprint density at radius 1 is 0.938 bits per heavy atom. The van der Waals surface area contributed by atoms with E-state index in [4.69, 9.17) is 0 Å². The molecule has 170 valence electrons. The number of para-hydroxylation sites is 1. The van der Waals surface area contributed by atoms with Crippen molar-refractivity contribution < 1.29 is 27.9 Å². The summed E-state index contributed by atoms with van der Waals surface area (Å²) >= 11 is 1.36. The van der Waals surface area contributed by atoms with Crippen LogP contribution in [0.15, 0.2) is 41.8 Å². The minimum absolute atomic E-state index is 0.0658. The summed E-state index contributed by atoms with van der Waals surface area (Å²) in [5.41, 5.74) is 0.0658. The first-order valence-electron chi connectivity index (χ1n) is 10.4. The minimum atomic E-state index is -3.02. The molecule has 4 rings (SSSR count). The Morgan fingerprint density at radius 3 is 2.34 bits per heavy atom. The van der Waals surface area contributed by atoms with Gasteiger partial charge in [-0.05, 0) is 36.4 Å². The molecule has 2 aliphatic heterocycles. The van der Waals surface area contributed by atoms with E-state index in [0.29, 0.717) is 30.9 Å². The van der Waals surface area contributed by atoms with Gasteiger partial charge in [-0.15, -0.1) is 11.3 Å². The summed E-state index contributed by atoms with van der Waals surface area (Å²) in [4.78, 5) is 44.2. The molecule has 0 saturated carbocycles. The molecule has 0 spiro atoms. The summed E-state index contributed by atoms with van der Waals surface area (Å²) in [5.74, 6) is -0.815. The maximum atomic E-state index is 13.1. The van der Waals surface area contributed by atoms with Gasteiger partial charge in [0.25, 0.3) is 11.8 Å². The fourth-order valence-corrected chi connectivity index (χ4v) is 4.84. The van der Waals surface area contributed by atoms with Crippen LogP contribution in [-0.2, 0) is 4.79 Å². The predicted octanol–water partition coefficient (Wildman–Crippen LogP) is 2.94. The largest absolute Gasteiger partial charge is 0.434 e. The molecule has 0 aliphatic carbocycles. The number of rotatable bonds is 5. The van der Waals surface area contributed by atoms with Crippen LogP contribution >= 0.6 is 11.3 Å². The second kappa shape index (κ2) is 9.64. The molecule has 2 fully saturated rings. The van der Waals surface area contributed by atoms with Crippen molar-refractivity contribution in [2.45, 2.75) is 25.5 Å². The first-order chi connectivity index (χ1) is 15.5. The number of hydrogen-bond acceptors (Lipinski definition) is 5. The molecule has 1 aromatic carbocycles. The van der Waals surface area contributed by atoms with Crippen molar-refractivity contribution in [1.82, 2.24) is 14.7 Å². The van der Waals surface area contributed by atoms with Gasteiger partial charge in [-0.1, -0.05) is 18.2 Å². The molecule has 0 radical (unpaired) electrons. The number of amides is 3. The Bertz CT molecular complexity index is 977. The van der Waals surface area contributed by atoms with Crippen LogP contribution in [0.3, 0.4) is 0 Å². The Kier molecular flexibility index (Phi) is 6.69. The Labute approximate surface area is 188 Å². The van der Waals surface area contributed by atoms with Gasteiger partial charge in [0, 0.05) is 32.7 Å². The number of halogens is 2. The highest BCUT2D eigenvalue weighted by atomic mass is 32.1. The summed E-state index contributed by atoms with van der Waals surface area (Å²) in [6, 6.07) is 8.97. The SMILES string of the molecule is O=C(c1ccccc1OC(F)F)N1CCN(C(=O)[C@@H]2CCCN2C(=O)c2cccs2)CC1. The predicted molar refractivity (Wildman–Crippen MR) is 114 cm³/mol. The van der Waals surface area contributed by atoms with E-state index in [1.54, 1.807) is 21.9 Å². The van der Waals surface area contributed by atoms with E-state index in [1.807, 2.05) is 11.4 Å². The topological polar surface area (TPSA) is 70.2 Å². The van der Waals surface area contributed by atoms with E-state index in [0.717, 1.165) is 6.42 Å². The van der Waals surface area contributed by atoms with E-state index in [-0.39, 0.29) is 36.2 Å². The second-order valence-electron chi connectivity index (χ2n) is 7.63. The monoisotopic (exact) mass is 463 g/mol. The van der Waals surface area contributed by atoms with Gasteiger partial charge in [0.1, 0.15) is 11.8 Å². The van der Waals surface area contributed by atoms with Gasteiger partial charge in [0.15, 0.2) is 0 Å². The van der Waals surface area contributed by atoms with Crippen molar-refractivity contribution in [3.63, 3.8) is 0 Å². The smallest absolute Gasteiger partial charge is 0.387 e. The molecule has 7 nitrogen and oxygen atoms in total. The molecule has 1 atom stereocenters. The van der Waals surface area contributed by atoms with Crippen LogP contribution in [0.5, 0.6) is 5.75 Å². The molecule has 32 heavy (non-hydrogen) atoms. The summed E-state index contributed by atoms with van der Waals surface area (Å²) in [7, 11) is 0. The van der Waals surface area contributed by atoms with E-state index < -0.39 is 18.6 Å². The third-order valence-corrected chi connectivity index (χ3v) is 6.60. The number of nitrogens with zero attached hydrogens (tertiary/aromatic N) is 3. The third-order valence-electron chi connectivity index (χ3n) is 5.74. The third kappa shape index (κ3) is 4.59. The number of ether oxygens (including phenoxy) is 1. The zero-order valence-electron chi connectivity index (χ0n) is 17.3. The molecular formula is C22H23F2N3O4S. The van der Waals surface area contributed by atoms with E-state index in [1.165, 1.54) is 34.4 Å². The average molecular weight is 464 g/mol. The lowest BCUT2D eigenvalue weighted by Gasteiger charge is -2.37. The van der Waals surface area contributed by atoms with Crippen LogP contribution in [0.4, 0.5) is 8.78 Å². The number of thiophene rings is 1. The number of carbonyl (C=O) groups is 3. The zero-order valence-corrected chi connectivity index (χ0v) is 18.1. The van der Waals surface area contributed by atoms with Gasteiger partial charge >= 0.3 is 6.61 Å². The van der Waals surface area contributed by atoms with Crippen LogP contribution in [0, 0.1) is 0 Å². The minimum Gasteiger partial charge on any atom is -0.434 e. The van der Waals surface area contributed by atoms with Crippen LogP contribution in [-0.4, -0.2) is 77.8 Å². The van der Waals surface area contributed by atoms with E-state index in [9.17, 15) is 23.2 Å². The Morgan fingerprint density at radius 2 is 1.66 bits per heavy atom. The van der Waals surface area contributed by atoms with Crippen LogP contribution in [0.2, 0.25) is 0 Å². The molecule has 2 aromatic rings. The van der Waals surface area contributed by atoms with Crippen molar-refractivity contribution >= 4 is 29.1 Å². The van der Waals surface area contributed by atoms with Gasteiger partial charge in [-0.2, -0.15) is 8.78 Å². The highest BCUT2D eigenvalue weighted by Gasteiger charge is 2.38. The zero-order chi connectivity index (χ0) is 22.7. The number of benzene rings is 1. The standard InChI is InChI=1S/C22H23F2N3O4S/c23-22(24)31-17-7-2-1-5-15(17)19(28)25-10-12-26(13-11-25)20(29)16-6-3-9-27(16)21(30)18-8-4-14-32-18/h1-2,4-5,7-8,14,16,22H,3,6,9-13H2/t16-/m0/s1. The number of likely N-dealkylation sites (tertiary alicyclic amines) is 1. The van der Waals surface area contributed by atoms with Gasteiger partial charge in [0.2, 0.25) is 5.91 Å². The molecule has 0 N–H and O–H groups in total. The molecule has 1 aromatic heterocycles. The van der Waals surface area contributed by atoms with Crippen molar-refractivity contribution in [3.8, 4) is 5.75 Å². The van der Waals surface area contributed by atoms with Crippen molar-refractivity contribution in [3.05, 3.63) is 52.2 Å². The lowest BCUT2D eigenvalue weighted by Crippen LogP contribution is -2.55. The van der Waals surface area contributed by atoms with E-state index >= 15 is 0 Å². The maximum Gasteiger partial charge on any atom is 0.387 e. The molecule has 0 bridgehead atoms. The number of alkyl halides is 2. The molecule has 3 heterocycles. The molecule has 2 saturated heterocycles. The van der Waals surface area contributed by atoms with E-state index in [2.05, 4.69) is 4.74 Å². The fraction of sp³-hybridized carbons (Fsp3) is 0.409. The second-order valence-corrected chi connectivity index (χ2v) is 8.57. The van der Waals surface area contributed by atoms with Crippen molar-refractivity contribution in [2.24, 2.45) is 0 Å². The molecule has 10 heteroatoms. The quantitative estimate of drug-likeness (QED) is 0.684.